The summed E-state index contributed by atoms with van der Waals surface area (Å²) in [5.41, 5.74) is 0.845. The number of nitrogens with one attached hydrogen (secondary N) is 1. The molecule has 1 aliphatic carbocycles. The molecular weight excluding hydrogens is 288 g/mol. The zero-order valence-corrected chi connectivity index (χ0v) is 13.2. The van der Waals surface area contributed by atoms with Crippen LogP contribution < -0.4 is 5.32 Å². The molecule has 114 valence electrons. The number of thiazole rings is 1. The first-order chi connectivity index (χ1) is 9.79. The van der Waals surface area contributed by atoms with Crippen molar-refractivity contribution in [2.24, 2.45) is 11.8 Å². The third kappa shape index (κ3) is 3.69. The number of amides is 1. The highest BCUT2D eigenvalue weighted by Gasteiger charge is 2.34. The summed E-state index contributed by atoms with van der Waals surface area (Å²) in [6, 6.07) is 0. The Labute approximate surface area is 128 Å². The van der Waals surface area contributed by atoms with Crippen LogP contribution in [0.2, 0.25) is 0 Å². The number of carbonyl (C=O) groups excluding carboxylic acids is 1. The Morgan fingerprint density at radius 1 is 1.29 bits per heavy atom. The van der Waals surface area contributed by atoms with Gasteiger partial charge in [-0.15, -0.1) is 11.3 Å². The lowest BCUT2D eigenvalue weighted by Crippen LogP contribution is -2.34. The van der Waals surface area contributed by atoms with Crippen molar-refractivity contribution < 1.29 is 14.7 Å². The average Bonchev–Trinajstić information content (AvgIpc) is 2.87. The number of hydrogen-bond donors (Lipinski definition) is 2. The standard InChI is InChI=1S/C15H20N2O3S/c1-15(2,3)11-8-21-14(16-11)17-12(18)9-6-4-5-7-10(9)13(19)20/h4-5,8-10H,6-7H2,1-3H3,(H,19,20)(H,16,17,18)/t9-,10+/m1/s1. The fourth-order valence-electron chi connectivity index (χ4n) is 2.25. The van der Waals surface area contributed by atoms with Crippen LogP contribution in [0.3, 0.4) is 0 Å². The largest absolute Gasteiger partial charge is 0.481 e. The maximum atomic E-state index is 12.3. The van der Waals surface area contributed by atoms with Crippen LogP contribution in [0.5, 0.6) is 0 Å². The monoisotopic (exact) mass is 308 g/mol. The third-order valence-electron chi connectivity index (χ3n) is 3.59. The number of hydrogen-bond acceptors (Lipinski definition) is 4. The molecule has 1 aromatic heterocycles. The van der Waals surface area contributed by atoms with E-state index in [-0.39, 0.29) is 11.3 Å². The lowest BCUT2D eigenvalue weighted by Gasteiger charge is -2.23. The maximum absolute atomic E-state index is 12.3. The highest BCUT2D eigenvalue weighted by Crippen LogP contribution is 2.29. The molecule has 0 spiro atoms. The van der Waals surface area contributed by atoms with Crippen LogP contribution in [-0.4, -0.2) is 22.0 Å². The van der Waals surface area contributed by atoms with Crippen molar-refractivity contribution in [3.63, 3.8) is 0 Å². The highest BCUT2D eigenvalue weighted by atomic mass is 32.1. The number of allylic oxidation sites excluding steroid dienone is 2. The fraction of sp³-hybridized carbons (Fsp3) is 0.533. The van der Waals surface area contributed by atoms with Gasteiger partial charge < -0.3 is 10.4 Å². The van der Waals surface area contributed by atoms with Crippen molar-refractivity contribution in [2.45, 2.75) is 39.0 Å². The molecule has 2 rings (SSSR count). The average molecular weight is 308 g/mol. The van der Waals surface area contributed by atoms with Gasteiger partial charge in [-0.25, -0.2) is 4.98 Å². The lowest BCUT2D eigenvalue weighted by molar-refractivity contribution is -0.146. The minimum absolute atomic E-state index is 0.0728. The molecule has 6 heteroatoms. The van der Waals surface area contributed by atoms with E-state index >= 15 is 0 Å². The number of carbonyl (C=O) groups is 2. The number of aliphatic carboxylic acids is 1. The first-order valence-corrected chi connectivity index (χ1v) is 7.81. The number of carboxylic acid groups (broad SMARTS) is 1. The fourth-order valence-corrected chi connectivity index (χ4v) is 3.19. The smallest absolute Gasteiger partial charge is 0.307 e. The molecule has 0 fully saturated rings. The summed E-state index contributed by atoms with van der Waals surface area (Å²) >= 11 is 1.37. The summed E-state index contributed by atoms with van der Waals surface area (Å²) in [4.78, 5) is 27.9. The van der Waals surface area contributed by atoms with Gasteiger partial charge >= 0.3 is 5.97 Å². The molecule has 21 heavy (non-hydrogen) atoms. The Morgan fingerprint density at radius 3 is 2.43 bits per heavy atom. The van der Waals surface area contributed by atoms with Crippen molar-refractivity contribution in [2.75, 3.05) is 5.32 Å². The number of nitrogens with zero attached hydrogens (tertiary/aromatic N) is 1. The van der Waals surface area contributed by atoms with Gasteiger partial charge in [0.15, 0.2) is 5.13 Å². The summed E-state index contributed by atoms with van der Waals surface area (Å²) in [5.74, 6) is -2.37. The first-order valence-electron chi connectivity index (χ1n) is 6.93. The molecule has 0 saturated carbocycles. The Kier molecular flexibility index (Phi) is 4.46. The van der Waals surface area contributed by atoms with E-state index < -0.39 is 17.8 Å². The molecule has 1 heterocycles. The van der Waals surface area contributed by atoms with Gasteiger partial charge in [0, 0.05) is 10.8 Å². The van der Waals surface area contributed by atoms with Gasteiger partial charge in [-0.1, -0.05) is 32.9 Å². The summed E-state index contributed by atoms with van der Waals surface area (Å²) in [6.45, 7) is 6.17. The maximum Gasteiger partial charge on any atom is 0.307 e. The van der Waals surface area contributed by atoms with E-state index in [1.54, 1.807) is 0 Å². The molecule has 1 amide bonds. The van der Waals surface area contributed by atoms with E-state index in [1.165, 1.54) is 11.3 Å². The molecule has 1 aliphatic rings. The zero-order valence-electron chi connectivity index (χ0n) is 12.4. The molecule has 0 unspecified atom stereocenters. The Balaban J connectivity index is 2.08. The normalized spacial score (nSPS) is 22.0. The van der Waals surface area contributed by atoms with Crippen molar-refractivity contribution in [3.05, 3.63) is 23.2 Å². The van der Waals surface area contributed by atoms with Gasteiger partial charge in [0.25, 0.3) is 0 Å². The van der Waals surface area contributed by atoms with Crippen molar-refractivity contribution in [1.29, 1.82) is 0 Å². The second-order valence-corrected chi connectivity index (χ2v) is 7.13. The van der Waals surface area contributed by atoms with Gasteiger partial charge in [-0.3, -0.25) is 9.59 Å². The summed E-state index contributed by atoms with van der Waals surface area (Å²) in [7, 11) is 0. The van der Waals surface area contributed by atoms with Gasteiger partial charge in [-0.05, 0) is 12.8 Å². The molecule has 0 bridgehead atoms. The predicted molar refractivity (Wildman–Crippen MR) is 82.4 cm³/mol. The summed E-state index contributed by atoms with van der Waals surface area (Å²) in [6.07, 6.45) is 4.55. The Bertz CT molecular complexity index is 572. The minimum Gasteiger partial charge on any atom is -0.481 e. The van der Waals surface area contributed by atoms with Crippen molar-refractivity contribution >= 4 is 28.3 Å². The second-order valence-electron chi connectivity index (χ2n) is 6.27. The van der Waals surface area contributed by atoms with Gasteiger partial charge in [0.2, 0.25) is 5.91 Å². The molecule has 2 atom stereocenters. The molecule has 1 aromatic rings. The van der Waals surface area contributed by atoms with Gasteiger partial charge in [0.05, 0.1) is 17.5 Å². The van der Waals surface area contributed by atoms with E-state index in [1.807, 2.05) is 17.5 Å². The van der Waals surface area contributed by atoms with E-state index in [0.717, 1.165) is 5.69 Å². The van der Waals surface area contributed by atoms with Crippen molar-refractivity contribution in [1.82, 2.24) is 4.98 Å². The topological polar surface area (TPSA) is 79.3 Å². The van der Waals surface area contributed by atoms with Crippen LogP contribution in [0.4, 0.5) is 5.13 Å². The van der Waals surface area contributed by atoms with Gasteiger partial charge in [0.1, 0.15) is 0 Å². The third-order valence-corrected chi connectivity index (χ3v) is 4.35. The second kappa shape index (κ2) is 5.97. The SMILES string of the molecule is CC(C)(C)c1csc(NC(=O)[C@@H]2CC=CC[C@@H]2C(=O)O)n1. The molecule has 5 nitrogen and oxygen atoms in total. The molecule has 0 aromatic carbocycles. The number of anilines is 1. The van der Waals surface area contributed by atoms with Crippen LogP contribution in [0.1, 0.15) is 39.3 Å². The van der Waals surface area contributed by atoms with Crippen LogP contribution in [-0.2, 0) is 15.0 Å². The summed E-state index contributed by atoms with van der Waals surface area (Å²) in [5, 5.41) is 14.4. The molecule has 2 N–H and O–H groups in total. The predicted octanol–water partition coefficient (Wildman–Crippen LogP) is 3.05. The number of aromatic nitrogens is 1. The zero-order chi connectivity index (χ0) is 15.6. The van der Waals surface area contributed by atoms with Crippen LogP contribution in [0.15, 0.2) is 17.5 Å². The molecule has 0 aliphatic heterocycles. The van der Waals surface area contributed by atoms with E-state index in [4.69, 9.17) is 0 Å². The van der Waals surface area contributed by atoms with Gasteiger partial charge in [-0.2, -0.15) is 0 Å². The van der Waals surface area contributed by atoms with E-state index in [9.17, 15) is 14.7 Å². The Hall–Kier alpha value is -1.69. The highest BCUT2D eigenvalue weighted by molar-refractivity contribution is 7.13. The number of rotatable bonds is 3. The summed E-state index contributed by atoms with van der Waals surface area (Å²) < 4.78 is 0. The van der Waals surface area contributed by atoms with E-state index in [2.05, 4.69) is 31.1 Å². The molecule has 0 saturated heterocycles. The Morgan fingerprint density at radius 2 is 1.90 bits per heavy atom. The van der Waals surface area contributed by atoms with E-state index in [0.29, 0.717) is 18.0 Å². The number of carboxylic acids is 1. The molecular formula is C15H20N2O3S. The minimum atomic E-state index is -0.922. The van der Waals surface area contributed by atoms with Crippen LogP contribution in [0.25, 0.3) is 0 Å². The first kappa shape index (κ1) is 15.7. The quantitative estimate of drug-likeness (QED) is 0.841. The van der Waals surface area contributed by atoms with Crippen molar-refractivity contribution in [3.8, 4) is 0 Å². The van der Waals surface area contributed by atoms with Crippen LogP contribution >= 0.6 is 11.3 Å². The lowest BCUT2D eigenvalue weighted by atomic mass is 9.82. The van der Waals surface area contributed by atoms with Crippen LogP contribution in [0, 0.1) is 11.8 Å². The molecule has 0 radical (unpaired) electrons.